The van der Waals surface area contributed by atoms with Gasteiger partial charge in [0, 0.05) is 10.6 Å². The van der Waals surface area contributed by atoms with Gasteiger partial charge in [0.25, 0.3) is 15.9 Å². The molecule has 0 radical (unpaired) electrons. The Balaban J connectivity index is 1.52. The minimum absolute atomic E-state index is 0.0845. The van der Waals surface area contributed by atoms with Crippen LogP contribution in [0.15, 0.2) is 93.3 Å². The zero-order valence-corrected chi connectivity index (χ0v) is 23.9. The van der Waals surface area contributed by atoms with Gasteiger partial charge in [0.15, 0.2) is 0 Å². The quantitative estimate of drug-likeness (QED) is 0.169. The summed E-state index contributed by atoms with van der Waals surface area (Å²) in [5, 5.41) is 4.89. The fourth-order valence-electron chi connectivity index (χ4n) is 3.77. The fourth-order valence-corrected chi connectivity index (χ4v) is 5.69. The monoisotopic (exact) mass is 583 g/mol. The highest BCUT2D eigenvalue weighted by atomic mass is 35.5. The molecule has 7 nitrogen and oxygen atoms in total. The molecule has 1 aromatic heterocycles. The highest BCUT2D eigenvalue weighted by molar-refractivity contribution is 7.92. The van der Waals surface area contributed by atoms with E-state index < -0.39 is 22.5 Å². The number of hydrogen-bond acceptors (Lipinski definition) is 5. The number of nitrogens with one attached hydrogen (secondary N) is 1. The van der Waals surface area contributed by atoms with Gasteiger partial charge in [-0.05, 0) is 73.0 Å². The Morgan fingerprint density at radius 3 is 2.33 bits per heavy atom. The van der Waals surface area contributed by atoms with Gasteiger partial charge in [-0.25, -0.2) is 13.8 Å². The molecule has 0 fully saturated rings. The molecule has 39 heavy (non-hydrogen) atoms. The van der Waals surface area contributed by atoms with Crippen molar-refractivity contribution in [3.63, 3.8) is 0 Å². The first-order chi connectivity index (χ1) is 18.5. The van der Waals surface area contributed by atoms with Gasteiger partial charge in [0.05, 0.1) is 21.8 Å². The zero-order chi connectivity index (χ0) is 28.2. The lowest BCUT2D eigenvalue weighted by Gasteiger charge is -2.24. The number of carbonyl (C=O) groups excluding carboxylic acids is 1. The second-order valence-corrected chi connectivity index (χ2v) is 11.9. The molecule has 0 aliphatic heterocycles. The highest BCUT2D eigenvalue weighted by Crippen LogP contribution is 2.31. The second kappa shape index (κ2) is 12.1. The summed E-state index contributed by atoms with van der Waals surface area (Å²) in [6.45, 7) is 5.50. The normalized spacial score (nSPS) is 11.7. The van der Waals surface area contributed by atoms with Gasteiger partial charge < -0.3 is 4.42 Å². The molecule has 0 saturated heterocycles. The summed E-state index contributed by atoms with van der Waals surface area (Å²) >= 11 is 12.2. The molecule has 10 heteroatoms. The lowest BCUT2D eigenvalue weighted by atomic mass is 10.0. The van der Waals surface area contributed by atoms with E-state index in [9.17, 15) is 13.2 Å². The summed E-state index contributed by atoms with van der Waals surface area (Å²) in [6, 6.07) is 22.0. The smallest absolute Gasteiger partial charge is 0.264 e. The van der Waals surface area contributed by atoms with E-state index in [2.05, 4.69) is 10.5 Å². The first-order valence-electron chi connectivity index (χ1n) is 12.1. The van der Waals surface area contributed by atoms with Crippen LogP contribution in [-0.4, -0.2) is 27.1 Å². The summed E-state index contributed by atoms with van der Waals surface area (Å²) in [4.78, 5) is 12.9. The lowest BCUT2D eigenvalue weighted by Crippen LogP contribution is -2.39. The van der Waals surface area contributed by atoms with Crippen LogP contribution in [-0.2, 0) is 14.8 Å². The molecule has 0 bridgehead atoms. The number of amides is 1. The maximum atomic E-state index is 13.6. The number of sulfonamides is 1. The summed E-state index contributed by atoms with van der Waals surface area (Å²) in [5.41, 5.74) is 5.39. The first-order valence-corrected chi connectivity index (χ1v) is 14.3. The van der Waals surface area contributed by atoms with E-state index in [0.717, 1.165) is 15.4 Å². The molecule has 0 unspecified atom stereocenters. The van der Waals surface area contributed by atoms with Crippen molar-refractivity contribution in [2.24, 2.45) is 5.10 Å². The van der Waals surface area contributed by atoms with Crippen LogP contribution >= 0.6 is 23.2 Å². The number of halogens is 2. The van der Waals surface area contributed by atoms with Crippen LogP contribution in [0.2, 0.25) is 10.0 Å². The minimum atomic E-state index is -4.03. The predicted molar refractivity (Wildman–Crippen MR) is 156 cm³/mol. The van der Waals surface area contributed by atoms with Gasteiger partial charge in [-0.1, -0.05) is 66.9 Å². The number of anilines is 1. The van der Waals surface area contributed by atoms with Crippen molar-refractivity contribution in [1.29, 1.82) is 0 Å². The van der Waals surface area contributed by atoms with Crippen molar-refractivity contribution < 1.29 is 17.6 Å². The zero-order valence-electron chi connectivity index (χ0n) is 21.6. The van der Waals surface area contributed by atoms with Gasteiger partial charge in [-0.2, -0.15) is 5.10 Å². The largest absolute Gasteiger partial charge is 0.455 e. The van der Waals surface area contributed by atoms with Crippen LogP contribution in [0.5, 0.6) is 0 Å². The molecule has 1 N–H and O–H groups in total. The standard InChI is InChI=1S/C29H27Cl2N3O4S/c1-19(2)21-6-9-23(10-7-21)34(39(36,37)25-12-4-20(3)5-13-25)18-29(35)33-32-17-24-11-15-28(38-24)26-14-8-22(30)16-27(26)31/h4-17,19H,18H2,1-3H3,(H,33,35)/b32-17-. The Bertz CT molecular complexity index is 1600. The number of furan rings is 1. The van der Waals surface area contributed by atoms with Crippen LogP contribution in [0.3, 0.4) is 0 Å². The molecule has 1 heterocycles. The number of hydrazone groups is 1. The van der Waals surface area contributed by atoms with Crippen molar-refractivity contribution >= 4 is 51.0 Å². The van der Waals surface area contributed by atoms with Gasteiger partial charge >= 0.3 is 0 Å². The maximum absolute atomic E-state index is 13.6. The first kappa shape index (κ1) is 28.4. The SMILES string of the molecule is Cc1ccc(S(=O)(=O)N(CC(=O)N/N=C\c2ccc(-c3ccc(Cl)cc3Cl)o2)c2ccc(C(C)C)cc2)cc1. The van der Waals surface area contributed by atoms with Crippen molar-refractivity contribution in [2.75, 3.05) is 10.8 Å². The van der Waals surface area contributed by atoms with E-state index in [1.165, 1.54) is 18.3 Å². The second-order valence-electron chi connectivity index (χ2n) is 9.19. The molecule has 0 spiro atoms. The topological polar surface area (TPSA) is 92.0 Å². The number of nitrogens with zero attached hydrogens (tertiary/aromatic N) is 2. The Kier molecular flexibility index (Phi) is 8.80. The van der Waals surface area contributed by atoms with Crippen LogP contribution in [0.25, 0.3) is 11.3 Å². The van der Waals surface area contributed by atoms with Gasteiger partial charge in [-0.3, -0.25) is 9.10 Å². The third-order valence-electron chi connectivity index (χ3n) is 5.95. The Hall–Kier alpha value is -3.59. The summed E-state index contributed by atoms with van der Waals surface area (Å²) in [5.74, 6) is 0.522. The van der Waals surface area contributed by atoms with Gasteiger partial charge in [0.2, 0.25) is 0 Å². The lowest BCUT2D eigenvalue weighted by molar-refractivity contribution is -0.119. The number of rotatable bonds is 9. The van der Waals surface area contributed by atoms with Crippen molar-refractivity contribution in [2.45, 2.75) is 31.6 Å². The Morgan fingerprint density at radius 2 is 1.69 bits per heavy atom. The van der Waals surface area contributed by atoms with E-state index >= 15 is 0 Å². The maximum Gasteiger partial charge on any atom is 0.264 e. The van der Waals surface area contributed by atoms with E-state index in [0.29, 0.717) is 32.8 Å². The van der Waals surface area contributed by atoms with E-state index in [4.69, 9.17) is 27.6 Å². The third kappa shape index (κ3) is 6.89. The average molecular weight is 585 g/mol. The molecule has 0 saturated carbocycles. The summed E-state index contributed by atoms with van der Waals surface area (Å²) < 4.78 is 33.9. The predicted octanol–water partition coefficient (Wildman–Crippen LogP) is 7.03. The highest BCUT2D eigenvalue weighted by Gasteiger charge is 2.27. The Labute approximate surface area is 238 Å². The molecule has 202 valence electrons. The average Bonchev–Trinajstić information content (AvgIpc) is 3.36. The molecular formula is C29H27Cl2N3O4S. The number of carbonyl (C=O) groups is 1. The molecule has 0 atom stereocenters. The van der Waals surface area contributed by atoms with Crippen molar-refractivity contribution in [3.8, 4) is 11.3 Å². The van der Waals surface area contributed by atoms with Gasteiger partial charge in [-0.15, -0.1) is 0 Å². The molecule has 0 aliphatic rings. The summed E-state index contributed by atoms with van der Waals surface area (Å²) in [6.07, 6.45) is 1.32. The Morgan fingerprint density at radius 1 is 1.00 bits per heavy atom. The molecule has 3 aromatic carbocycles. The van der Waals surface area contributed by atoms with E-state index in [1.807, 2.05) is 32.9 Å². The van der Waals surface area contributed by atoms with Crippen LogP contribution < -0.4 is 9.73 Å². The minimum Gasteiger partial charge on any atom is -0.455 e. The van der Waals surface area contributed by atoms with Crippen molar-refractivity contribution in [3.05, 3.63) is 106 Å². The van der Waals surface area contributed by atoms with Crippen LogP contribution in [0.1, 0.15) is 36.7 Å². The molecular weight excluding hydrogens is 557 g/mol. The van der Waals surface area contributed by atoms with Crippen molar-refractivity contribution in [1.82, 2.24) is 5.43 Å². The molecule has 0 aliphatic carbocycles. The van der Waals surface area contributed by atoms with Crippen LogP contribution in [0.4, 0.5) is 5.69 Å². The molecule has 1 amide bonds. The molecule has 4 rings (SSSR count). The number of benzene rings is 3. The van der Waals surface area contributed by atoms with E-state index in [1.54, 1.807) is 54.6 Å². The fraction of sp³-hybridized carbons (Fsp3) is 0.172. The third-order valence-corrected chi connectivity index (χ3v) is 8.28. The van der Waals surface area contributed by atoms with Crippen LogP contribution in [0, 0.1) is 6.92 Å². The number of aryl methyl sites for hydroxylation is 1. The van der Waals surface area contributed by atoms with E-state index in [-0.39, 0.29) is 10.8 Å². The summed E-state index contributed by atoms with van der Waals surface area (Å²) in [7, 11) is -4.03. The molecule has 4 aromatic rings. The van der Waals surface area contributed by atoms with Gasteiger partial charge in [0.1, 0.15) is 18.1 Å². The number of hydrogen-bond donors (Lipinski definition) is 1.